The van der Waals surface area contributed by atoms with Gasteiger partial charge in [-0.25, -0.2) is 15.0 Å². The number of imidazole rings is 1. The number of ether oxygens (including phenoxy) is 2. The van der Waals surface area contributed by atoms with Crippen LogP contribution in [0.3, 0.4) is 0 Å². The maximum atomic E-state index is 5.67. The van der Waals surface area contributed by atoms with Gasteiger partial charge in [-0.15, -0.1) is 0 Å². The van der Waals surface area contributed by atoms with Crippen molar-refractivity contribution in [3.63, 3.8) is 0 Å². The van der Waals surface area contributed by atoms with Crippen molar-refractivity contribution < 1.29 is 14.2 Å². The monoisotopic (exact) mass is 474 g/mol. The average Bonchev–Trinajstić information content (AvgIpc) is 3.49. The summed E-state index contributed by atoms with van der Waals surface area (Å²) in [6.45, 7) is 9.38. The molecule has 0 fully saturated rings. The van der Waals surface area contributed by atoms with E-state index in [-0.39, 0.29) is 5.92 Å². The fourth-order valence-corrected chi connectivity index (χ4v) is 4.86. The molecule has 1 aliphatic rings. The molecule has 0 bridgehead atoms. The highest BCUT2D eigenvalue weighted by Gasteiger charge is 2.35. The molecular formula is C26H32N7O2+. The highest BCUT2D eigenvalue weighted by Crippen LogP contribution is 2.37. The van der Waals surface area contributed by atoms with Gasteiger partial charge >= 0.3 is 11.6 Å². The van der Waals surface area contributed by atoms with Crippen molar-refractivity contribution in [2.45, 2.75) is 58.9 Å². The number of aromatic nitrogens is 7. The van der Waals surface area contributed by atoms with Crippen LogP contribution in [0.15, 0.2) is 30.9 Å². The second kappa shape index (κ2) is 9.13. The fraction of sp³-hybridized carbons (Fsp3) is 0.423. The smallest absolute Gasteiger partial charge is 0.327 e. The maximum Gasteiger partial charge on any atom is 0.327 e. The number of hydrogen-bond acceptors (Lipinski definition) is 6. The van der Waals surface area contributed by atoms with Crippen LogP contribution in [0.4, 0.5) is 0 Å². The number of hydrogen-bond donors (Lipinski definition) is 1. The summed E-state index contributed by atoms with van der Waals surface area (Å²) >= 11 is 0. The van der Waals surface area contributed by atoms with Crippen LogP contribution >= 0.6 is 0 Å². The van der Waals surface area contributed by atoms with E-state index in [1.165, 1.54) is 16.7 Å². The SMILES string of the molecule is COc1cc(C)c(C2CCC[n+]3[nH]c(-c4cnc(-n5cnc(C)c5)c(OC)n4)nc32)cc1C(C)C. The summed E-state index contributed by atoms with van der Waals surface area (Å²) in [5, 5.41) is 3.45. The summed E-state index contributed by atoms with van der Waals surface area (Å²) in [6.07, 6.45) is 7.43. The predicted octanol–water partition coefficient (Wildman–Crippen LogP) is 4.02. The Labute approximate surface area is 205 Å². The van der Waals surface area contributed by atoms with E-state index in [4.69, 9.17) is 19.4 Å². The van der Waals surface area contributed by atoms with Gasteiger partial charge in [0, 0.05) is 6.20 Å². The van der Waals surface area contributed by atoms with Crippen molar-refractivity contribution in [2.75, 3.05) is 14.2 Å². The molecule has 0 saturated carbocycles. The van der Waals surface area contributed by atoms with E-state index in [9.17, 15) is 0 Å². The van der Waals surface area contributed by atoms with E-state index < -0.39 is 0 Å². The molecule has 0 spiro atoms. The molecule has 5 rings (SSSR count). The molecule has 3 aromatic heterocycles. The molecule has 0 radical (unpaired) electrons. The van der Waals surface area contributed by atoms with Crippen LogP contribution in [0.5, 0.6) is 11.6 Å². The molecule has 1 N–H and O–H groups in total. The largest absolute Gasteiger partial charge is 0.496 e. The van der Waals surface area contributed by atoms with Crippen molar-refractivity contribution in [1.29, 1.82) is 0 Å². The zero-order valence-corrected chi connectivity index (χ0v) is 21.2. The van der Waals surface area contributed by atoms with Crippen molar-refractivity contribution in [2.24, 2.45) is 0 Å². The van der Waals surface area contributed by atoms with Crippen LogP contribution < -0.4 is 14.2 Å². The summed E-state index contributed by atoms with van der Waals surface area (Å²) in [4.78, 5) is 18.6. The number of aryl methyl sites for hydroxylation is 3. The standard InChI is InChI=1S/C26H31N7O2/c1-15(2)19-11-20(16(3)10-22(19)34-5)18-8-7-9-33-24(18)30-23(31-33)21-12-27-25(26(29-21)35-6)32-13-17(4)28-14-32/h10-15,18H,7-9H2,1-6H3/p+1. The number of fused-ring (bicyclic) bond motifs is 1. The predicted molar refractivity (Wildman–Crippen MR) is 131 cm³/mol. The molecule has 182 valence electrons. The minimum atomic E-state index is 0.195. The first-order valence-electron chi connectivity index (χ1n) is 12.0. The van der Waals surface area contributed by atoms with Crippen LogP contribution in [0.2, 0.25) is 0 Å². The number of nitrogens with zero attached hydrogens (tertiary/aromatic N) is 6. The minimum Gasteiger partial charge on any atom is -0.496 e. The molecule has 35 heavy (non-hydrogen) atoms. The van der Waals surface area contributed by atoms with E-state index in [1.54, 1.807) is 26.7 Å². The molecule has 9 heteroatoms. The lowest BCUT2D eigenvalue weighted by molar-refractivity contribution is -0.762. The number of aromatic amines is 1. The van der Waals surface area contributed by atoms with Gasteiger partial charge in [0.1, 0.15) is 18.6 Å². The quantitative estimate of drug-likeness (QED) is 0.424. The lowest BCUT2D eigenvalue weighted by Crippen LogP contribution is -2.44. The number of methoxy groups -OCH3 is 2. The lowest BCUT2D eigenvalue weighted by atomic mass is 9.85. The van der Waals surface area contributed by atoms with Gasteiger partial charge in [0.05, 0.1) is 32.0 Å². The highest BCUT2D eigenvalue weighted by atomic mass is 16.5. The van der Waals surface area contributed by atoms with Crippen LogP contribution in [0.25, 0.3) is 17.3 Å². The zero-order chi connectivity index (χ0) is 24.7. The summed E-state index contributed by atoms with van der Waals surface area (Å²) in [5.74, 6) is 4.22. The molecule has 0 aliphatic carbocycles. The zero-order valence-electron chi connectivity index (χ0n) is 21.2. The van der Waals surface area contributed by atoms with Crippen molar-refractivity contribution in [1.82, 2.24) is 29.6 Å². The summed E-state index contributed by atoms with van der Waals surface area (Å²) in [7, 11) is 3.33. The van der Waals surface area contributed by atoms with Crippen molar-refractivity contribution >= 4 is 0 Å². The Balaban J connectivity index is 1.54. The third kappa shape index (κ3) is 4.15. The third-order valence-electron chi connectivity index (χ3n) is 6.66. The minimum absolute atomic E-state index is 0.195. The topological polar surface area (TPSA) is 94.6 Å². The van der Waals surface area contributed by atoms with Gasteiger partial charge < -0.3 is 9.47 Å². The second-order valence-corrected chi connectivity index (χ2v) is 9.39. The molecular weight excluding hydrogens is 442 g/mol. The molecule has 1 aliphatic heterocycles. The first-order chi connectivity index (χ1) is 16.9. The molecule has 1 unspecified atom stereocenters. The maximum absolute atomic E-state index is 5.67. The van der Waals surface area contributed by atoms with E-state index in [0.29, 0.717) is 29.1 Å². The average molecular weight is 475 g/mol. The molecule has 4 aromatic rings. The fourth-order valence-electron chi connectivity index (χ4n) is 4.86. The highest BCUT2D eigenvalue weighted by molar-refractivity contribution is 5.51. The van der Waals surface area contributed by atoms with Gasteiger partial charge in [0.15, 0.2) is 5.69 Å². The Hall–Kier alpha value is -3.75. The van der Waals surface area contributed by atoms with E-state index in [2.05, 4.69) is 52.7 Å². The molecule has 1 aromatic carbocycles. The first-order valence-corrected chi connectivity index (χ1v) is 12.0. The van der Waals surface area contributed by atoms with Crippen LogP contribution in [-0.4, -0.2) is 43.8 Å². The number of rotatable bonds is 6. The van der Waals surface area contributed by atoms with Gasteiger partial charge in [0.2, 0.25) is 5.82 Å². The molecule has 1 atom stereocenters. The summed E-state index contributed by atoms with van der Waals surface area (Å²) < 4.78 is 15.2. The normalized spacial score (nSPS) is 15.3. The van der Waals surface area contributed by atoms with Gasteiger partial charge in [-0.3, -0.25) is 4.57 Å². The van der Waals surface area contributed by atoms with Crippen LogP contribution in [0.1, 0.15) is 66.7 Å². The number of benzene rings is 1. The van der Waals surface area contributed by atoms with Crippen LogP contribution in [-0.2, 0) is 6.54 Å². The lowest BCUT2D eigenvalue weighted by Gasteiger charge is -2.22. The Morgan fingerprint density at radius 3 is 2.63 bits per heavy atom. The molecule has 0 amide bonds. The van der Waals surface area contributed by atoms with Gasteiger partial charge in [0.25, 0.3) is 5.88 Å². The second-order valence-electron chi connectivity index (χ2n) is 9.39. The third-order valence-corrected chi connectivity index (χ3v) is 6.66. The van der Waals surface area contributed by atoms with E-state index >= 15 is 0 Å². The van der Waals surface area contributed by atoms with Crippen molar-refractivity contribution in [3.8, 4) is 29.0 Å². The summed E-state index contributed by atoms with van der Waals surface area (Å²) in [6, 6.07) is 4.46. The Morgan fingerprint density at radius 1 is 1.11 bits per heavy atom. The van der Waals surface area contributed by atoms with E-state index in [0.717, 1.165) is 36.7 Å². The van der Waals surface area contributed by atoms with Crippen molar-refractivity contribution in [3.05, 3.63) is 59.1 Å². The van der Waals surface area contributed by atoms with Crippen LogP contribution in [0, 0.1) is 13.8 Å². The van der Waals surface area contributed by atoms with Gasteiger partial charge in [-0.05, 0) is 60.3 Å². The summed E-state index contributed by atoms with van der Waals surface area (Å²) in [5.41, 5.74) is 5.28. The Bertz CT molecular complexity index is 1370. The Kier molecular flexibility index (Phi) is 6.00. The first kappa shape index (κ1) is 23.0. The number of H-pyrrole nitrogens is 1. The number of nitrogens with one attached hydrogen (secondary N) is 1. The van der Waals surface area contributed by atoms with E-state index in [1.807, 2.05) is 17.7 Å². The van der Waals surface area contributed by atoms with Gasteiger partial charge in [-0.2, -0.15) is 9.78 Å². The molecule has 4 heterocycles. The van der Waals surface area contributed by atoms with Gasteiger partial charge in [-0.1, -0.05) is 19.9 Å². The molecule has 9 nitrogen and oxygen atoms in total. The Morgan fingerprint density at radius 2 is 1.94 bits per heavy atom. The molecule has 0 saturated heterocycles.